The molecule has 162 valence electrons. The summed E-state index contributed by atoms with van der Waals surface area (Å²) in [6.45, 7) is 3.94. The van der Waals surface area contributed by atoms with Crippen LogP contribution in [0, 0.1) is 13.8 Å². The summed E-state index contributed by atoms with van der Waals surface area (Å²) < 4.78 is 0. The van der Waals surface area contributed by atoms with E-state index < -0.39 is 0 Å². The van der Waals surface area contributed by atoms with Gasteiger partial charge in [-0.3, -0.25) is 9.59 Å². The molecule has 5 heteroatoms. The minimum absolute atomic E-state index is 0.0463. The number of anilines is 1. The van der Waals surface area contributed by atoms with E-state index in [0.29, 0.717) is 5.71 Å². The van der Waals surface area contributed by atoms with E-state index in [4.69, 9.17) is 0 Å². The molecule has 5 nitrogen and oxygen atoms in total. The lowest BCUT2D eigenvalue weighted by atomic mass is 10.1. The second-order valence-electron chi connectivity index (χ2n) is 7.51. The Kier molecular flexibility index (Phi) is 8.09. The van der Waals surface area contributed by atoms with Gasteiger partial charge in [0.05, 0.1) is 5.71 Å². The Morgan fingerprint density at radius 2 is 1.50 bits per heavy atom. The average Bonchev–Trinajstić information content (AvgIpc) is 2.81. The lowest BCUT2D eigenvalue weighted by molar-refractivity contribution is -0.124. The van der Waals surface area contributed by atoms with Crippen LogP contribution in [-0.4, -0.2) is 17.5 Å². The molecule has 0 aliphatic carbocycles. The number of hydrogen-bond donors (Lipinski definition) is 2. The molecule has 3 rings (SSSR count). The normalized spacial score (nSPS) is 11.4. The van der Waals surface area contributed by atoms with Gasteiger partial charge in [0, 0.05) is 24.1 Å². The van der Waals surface area contributed by atoms with Crippen molar-refractivity contribution in [2.75, 3.05) is 5.32 Å². The van der Waals surface area contributed by atoms with E-state index in [1.54, 1.807) is 0 Å². The Morgan fingerprint density at radius 3 is 2.19 bits per heavy atom. The van der Waals surface area contributed by atoms with Crippen LogP contribution < -0.4 is 10.7 Å². The topological polar surface area (TPSA) is 70.6 Å². The van der Waals surface area contributed by atoms with Crippen LogP contribution in [0.25, 0.3) is 6.08 Å². The zero-order valence-electron chi connectivity index (χ0n) is 18.3. The fraction of sp³-hybridized carbons (Fsp3) is 0.148. The van der Waals surface area contributed by atoms with Gasteiger partial charge in [0.1, 0.15) is 0 Å². The summed E-state index contributed by atoms with van der Waals surface area (Å²) >= 11 is 0. The summed E-state index contributed by atoms with van der Waals surface area (Å²) in [7, 11) is 0. The van der Waals surface area contributed by atoms with Gasteiger partial charge in [-0.1, -0.05) is 84.4 Å². The third-order valence-electron chi connectivity index (χ3n) is 4.84. The van der Waals surface area contributed by atoms with Gasteiger partial charge in [-0.25, -0.2) is 5.43 Å². The first-order valence-corrected chi connectivity index (χ1v) is 10.5. The fourth-order valence-electron chi connectivity index (χ4n) is 3.12. The maximum absolute atomic E-state index is 12.3. The second kappa shape index (κ2) is 11.4. The molecular weight excluding hydrogens is 398 g/mol. The third-order valence-corrected chi connectivity index (χ3v) is 4.84. The van der Waals surface area contributed by atoms with Crippen molar-refractivity contribution in [1.82, 2.24) is 5.43 Å². The number of carbonyl (C=O) groups excluding carboxylic acids is 2. The summed E-state index contributed by atoms with van der Waals surface area (Å²) in [5.41, 5.74) is 8.00. The van der Waals surface area contributed by atoms with Crippen molar-refractivity contribution in [2.24, 2.45) is 5.10 Å². The number of hydrogen-bond acceptors (Lipinski definition) is 3. The monoisotopic (exact) mass is 425 g/mol. The molecular formula is C27H27N3O2. The molecule has 0 atom stereocenters. The molecule has 2 N–H and O–H groups in total. The predicted molar refractivity (Wildman–Crippen MR) is 130 cm³/mol. The molecule has 0 heterocycles. The summed E-state index contributed by atoms with van der Waals surface area (Å²) in [5, 5.41) is 7.15. The highest BCUT2D eigenvalue weighted by Gasteiger charge is 2.09. The molecule has 32 heavy (non-hydrogen) atoms. The van der Waals surface area contributed by atoms with Crippen molar-refractivity contribution in [3.8, 4) is 0 Å². The number of nitrogens with zero attached hydrogens (tertiary/aromatic N) is 1. The molecule has 0 unspecified atom stereocenters. The summed E-state index contributed by atoms with van der Waals surface area (Å²) in [5.74, 6) is -0.523. The van der Waals surface area contributed by atoms with E-state index in [1.807, 2.05) is 105 Å². The zero-order valence-corrected chi connectivity index (χ0v) is 18.3. The van der Waals surface area contributed by atoms with Gasteiger partial charge in [-0.05, 0) is 37.1 Å². The van der Waals surface area contributed by atoms with Crippen LogP contribution in [-0.2, 0) is 9.59 Å². The first kappa shape index (κ1) is 22.7. The van der Waals surface area contributed by atoms with Crippen LogP contribution in [0.15, 0.2) is 90.0 Å². The number of amides is 2. The van der Waals surface area contributed by atoms with Crippen molar-refractivity contribution in [3.63, 3.8) is 0 Å². The molecule has 0 saturated carbocycles. The molecule has 0 fully saturated rings. The van der Waals surface area contributed by atoms with Crippen molar-refractivity contribution in [2.45, 2.75) is 26.7 Å². The highest BCUT2D eigenvalue weighted by Crippen LogP contribution is 2.16. The number of aryl methyl sites for hydroxylation is 2. The Balaban J connectivity index is 1.60. The van der Waals surface area contributed by atoms with Crippen LogP contribution in [0.3, 0.4) is 0 Å². The van der Waals surface area contributed by atoms with Gasteiger partial charge in [0.2, 0.25) is 11.8 Å². The highest BCUT2D eigenvalue weighted by atomic mass is 16.2. The predicted octanol–water partition coefficient (Wildman–Crippen LogP) is 5.26. The van der Waals surface area contributed by atoms with Crippen LogP contribution in [0.5, 0.6) is 0 Å². The lowest BCUT2D eigenvalue weighted by Crippen LogP contribution is -2.22. The summed E-state index contributed by atoms with van der Waals surface area (Å²) in [6.07, 6.45) is 3.92. The summed E-state index contributed by atoms with van der Waals surface area (Å²) in [6, 6.07) is 25.3. The number of rotatable bonds is 8. The number of benzene rings is 3. The van der Waals surface area contributed by atoms with E-state index in [-0.39, 0.29) is 24.7 Å². The number of allylic oxidation sites excluding steroid dienone is 1. The average molecular weight is 426 g/mol. The van der Waals surface area contributed by atoms with Crippen molar-refractivity contribution in [3.05, 3.63) is 107 Å². The van der Waals surface area contributed by atoms with E-state index >= 15 is 0 Å². The molecule has 0 aromatic heterocycles. The Morgan fingerprint density at radius 1 is 0.844 bits per heavy atom. The van der Waals surface area contributed by atoms with Gasteiger partial charge >= 0.3 is 0 Å². The number of nitrogens with one attached hydrogen (secondary N) is 2. The number of hydrazone groups is 1. The molecule has 0 saturated heterocycles. The first-order chi connectivity index (χ1) is 15.5. The molecule has 3 aromatic carbocycles. The smallest absolute Gasteiger partial charge is 0.240 e. The zero-order chi connectivity index (χ0) is 22.8. The van der Waals surface area contributed by atoms with E-state index in [1.165, 1.54) is 0 Å². The quantitative estimate of drug-likeness (QED) is 0.382. The maximum atomic E-state index is 12.3. The Hall–Kier alpha value is -3.99. The lowest BCUT2D eigenvalue weighted by Gasteiger charge is -2.09. The maximum Gasteiger partial charge on any atom is 0.240 e. The van der Waals surface area contributed by atoms with Crippen LogP contribution >= 0.6 is 0 Å². The van der Waals surface area contributed by atoms with E-state index in [2.05, 4.69) is 15.8 Å². The van der Waals surface area contributed by atoms with Crippen LogP contribution in [0.2, 0.25) is 0 Å². The van der Waals surface area contributed by atoms with Gasteiger partial charge < -0.3 is 5.32 Å². The van der Waals surface area contributed by atoms with Crippen LogP contribution in [0.4, 0.5) is 5.69 Å². The third kappa shape index (κ3) is 7.06. The number of carbonyl (C=O) groups is 2. The molecule has 2 amide bonds. The van der Waals surface area contributed by atoms with Gasteiger partial charge in [0.25, 0.3) is 0 Å². The standard InChI is InChI=1S/C27H27N3O2/c1-20-13-15-24(21(2)19-20)28-26(31)17-18-27(32)30-29-25(23-11-7-4-8-12-23)16-14-22-9-5-3-6-10-22/h3-16,19H,17-18H2,1-2H3,(H,28,31)(H,30,32)/b16-14-,29-25-. The van der Waals surface area contributed by atoms with Crippen molar-refractivity contribution >= 4 is 29.3 Å². The molecule has 0 spiro atoms. The van der Waals surface area contributed by atoms with Crippen molar-refractivity contribution in [1.29, 1.82) is 0 Å². The van der Waals surface area contributed by atoms with Crippen LogP contribution in [0.1, 0.15) is 35.1 Å². The molecule has 3 aromatic rings. The molecule has 0 aliphatic rings. The minimum atomic E-state index is -0.317. The Labute approximate surface area is 188 Å². The van der Waals surface area contributed by atoms with E-state index in [0.717, 1.165) is 27.9 Å². The van der Waals surface area contributed by atoms with Gasteiger partial charge in [0.15, 0.2) is 0 Å². The first-order valence-electron chi connectivity index (χ1n) is 10.5. The largest absolute Gasteiger partial charge is 0.326 e. The highest BCUT2D eigenvalue weighted by molar-refractivity contribution is 6.11. The second-order valence-corrected chi connectivity index (χ2v) is 7.51. The van der Waals surface area contributed by atoms with E-state index in [9.17, 15) is 9.59 Å². The minimum Gasteiger partial charge on any atom is -0.326 e. The molecule has 0 radical (unpaired) electrons. The molecule has 0 aliphatic heterocycles. The van der Waals surface area contributed by atoms with Gasteiger partial charge in [-0.15, -0.1) is 0 Å². The molecule has 0 bridgehead atoms. The SMILES string of the molecule is Cc1ccc(NC(=O)CCC(=O)N/N=C(/C=C\c2ccccc2)c2ccccc2)c(C)c1. The van der Waals surface area contributed by atoms with Crippen molar-refractivity contribution < 1.29 is 9.59 Å². The Bertz CT molecular complexity index is 1120. The fourth-order valence-corrected chi connectivity index (χ4v) is 3.12. The summed E-state index contributed by atoms with van der Waals surface area (Å²) in [4.78, 5) is 24.5. The van der Waals surface area contributed by atoms with Gasteiger partial charge in [-0.2, -0.15) is 5.10 Å².